The van der Waals surface area contributed by atoms with Crippen molar-refractivity contribution in [1.29, 1.82) is 0 Å². The van der Waals surface area contributed by atoms with Crippen molar-refractivity contribution in [2.45, 2.75) is 25.7 Å². The van der Waals surface area contributed by atoms with Crippen LogP contribution in [0.15, 0.2) is 48.7 Å². The average molecular weight is 434 g/mol. The first kappa shape index (κ1) is 21.2. The molecule has 2 aromatic carbocycles. The molecule has 4 aromatic rings. The van der Waals surface area contributed by atoms with Gasteiger partial charge in [0.15, 0.2) is 17.4 Å². The number of carbonyl (C=O) groups is 1. The molecule has 0 atom stereocenters. The smallest absolute Gasteiger partial charge is 0.211 e. The molecule has 2 aromatic heterocycles. The highest BCUT2D eigenvalue weighted by molar-refractivity contribution is 5.91. The van der Waals surface area contributed by atoms with E-state index in [0.29, 0.717) is 46.8 Å². The topological polar surface area (TPSA) is 105 Å². The van der Waals surface area contributed by atoms with Crippen LogP contribution in [-0.4, -0.2) is 33.7 Å². The van der Waals surface area contributed by atoms with Gasteiger partial charge in [-0.3, -0.25) is 9.89 Å². The Hall–Kier alpha value is -4.01. The molecule has 5 rings (SSSR count). The Balaban J connectivity index is 0.000000165. The van der Waals surface area contributed by atoms with E-state index in [0.717, 1.165) is 23.7 Å². The maximum Gasteiger partial charge on any atom is 0.211 e. The molecule has 1 amide bonds. The minimum Gasteiger partial charge on any atom is -0.491 e. The maximum atomic E-state index is 13.3. The molecular weight excluding hydrogens is 411 g/mol. The first-order valence-electron chi connectivity index (χ1n) is 10.2. The molecule has 0 bridgehead atoms. The number of aryl methyl sites for hydroxylation is 1. The number of rotatable bonds is 6. The number of aromatic amines is 1. The van der Waals surface area contributed by atoms with Gasteiger partial charge in [-0.05, 0) is 49.9 Å². The fourth-order valence-corrected chi connectivity index (χ4v) is 3.38. The summed E-state index contributed by atoms with van der Waals surface area (Å²) in [5.74, 6) is 2.66. The van der Waals surface area contributed by atoms with Crippen LogP contribution in [0.5, 0.6) is 5.75 Å². The average Bonchev–Trinajstić information content (AvgIpc) is 3.55. The Morgan fingerprint density at radius 1 is 1.16 bits per heavy atom. The highest BCUT2D eigenvalue weighted by atomic mass is 19.1. The van der Waals surface area contributed by atoms with Crippen LogP contribution in [0.1, 0.15) is 30.1 Å². The molecule has 0 aliphatic heterocycles. The minimum atomic E-state index is -0.214. The molecule has 9 heteroatoms. The monoisotopic (exact) mass is 434 g/mol. The molecular formula is C23H23FN6O2. The number of methoxy groups -OCH3 is 1. The zero-order valence-electron chi connectivity index (χ0n) is 17.7. The number of H-pyrrole nitrogens is 1. The molecule has 0 unspecified atom stereocenters. The van der Waals surface area contributed by atoms with Gasteiger partial charge in [-0.25, -0.2) is 14.4 Å². The quantitative estimate of drug-likeness (QED) is 0.381. The summed E-state index contributed by atoms with van der Waals surface area (Å²) < 4.78 is 18.5. The van der Waals surface area contributed by atoms with Gasteiger partial charge < -0.3 is 15.4 Å². The fraction of sp³-hybridized carbons (Fsp3) is 0.217. The lowest BCUT2D eigenvalue weighted by molar-refractivity contribution is -0.105. The summed E-state index contributed by atoms with van der Waals surface area (Å²) in [4.78, 5) is 18.7. The van der Waals surface area contributed by atoms with Crippen molar-refractivity contribution in [3.63, 3.8) is 0 Å². The summed E-state index contributed by atoms with van der Waals surface area (Å²) in [6.45, 7) is 1.83. The summed E-state index contributed by atoms with van der Waals surface area (Å²) in [6.07, 6.45) is 4.27. The standard InChI is InChI=1S/C13H13N5O.C10H10FNO/c1-8-14-7-11(19-2)13(15-8)16-12-9-5-3-4-6-10(9)17-18-12;11-8-2-1-3-9(12-6-13)10(8)7-4-5-7/h3-7H,1-2H3,(H2,14,15,16,17,18);1-3,6-7H,4-5H2,(H,12,13). The summed E-state index contributed by atoms with van der Waals surface area (Å²) in [5.41, 5.74) is 2.24. The Morgan fingerprint density at radius 2 is 1.97 bits per heavy atom. The van der Waals surface area contributed by atoms with Crippen molar-refractivity contribution in [2.75, 3.05) is 17.7 Å². The predicted octanol–water partition coefficient (Wildman–Crippen LogP) is 4.68. The van der Waals surface area contributed by atoms with Gasteiger partial charge >= 0.3 is 0 Å². The molecule has 0 saturated heterocycles. The number of benzene rings is 2. The fourth-order valence-electron chi connectivity index (χ4n) is 3.38. The second-order valence-electron chi connectivity index (χ2n) is 7.31. The zero-order valence-corrected chi connectivity index (χ0v) is 17.7. The van der Waals surface area contributed by atoms with E-state index >= 15 is 0 Å². The Morgan fingerprint density at radius 3 is 2.72 bits per heavy atom. The molecule has 0 spiro atoms. The zero-order chi connectivity index (χ0) is 22.5. The third-order valence-electron chi connectivity index (χ3n) is 5.06. The van der Waals surface area contributed by atoms with Crippen molar-refractivity contribution >= 4 is 34.6 Å². The summed E-state index contributed by atoms with van der Waals surface area (Å²) in [5, 5.41) is 13.9. The molecule has 0 radical (unpaired) electrons. The third-order valence-corrected chi connectivity index (χ3v) is 5.06. The molecule has 1 fully saturated rings. The SMILES string of the molecule is COc1cnc(C)nc1Nc1n[nH]c2ccccc12.O=CNc1cccc(F)c1C1CC1. The lowest BCUT2D eigenvalue weighted by Crippen LogP contribution is -2.01. The maximum absolute atomic E-state index is 13.3. The Kier molecular flexibility index (Phi) is 6.25. The van der Waals surface area contributed by atoms with Crippen LogP contribution in [0, 0.1) is 12.7 Å². The normalized spacial score (nSPS) is 12.6. The molecule has 8 nitrogen and oxygen atoms in total. The predicted molar refractivity (Wildman–Crippen MR) is 121 cm³/mol. The molecule has 1 aliphatic carbocycles. The van der Waals surface area contributed by atoms with E-state index in [-0.39, 0.29) is 5.82 Å². The lowest BCUT2D eigenvalue weighted by atomic mass is 10.1. The first-order valence-corrected chi connectivity index (χ1v) is 10.2. The second kappa shape index (κ2) is 9.42. The van der Waals surface area contributed by atoms with Crippen LogP contribution in [0.3, 0.4) is 0 Å². The number of hydrogen-bond donors (Lipinski definition) is 3. The number of nitrogens with one attached hydrogen (secondary N) is 3. The number of hydrogen-bond acceptors (Lipinski definition) is 6. The van der Waals surface area contributed by atoms with Crippen LogP contribution in [-0.2, 0) is 4.79 Å². The van der Waals surface area contributed by atoms with Crippen molar-refractivity contribution < 1.29 is 13.9 Å². The summed E-state index contributed by atoms with van der Waals surface area (Å²) in [7, 11) is 1.59. The second-order valence-corrected chi connectivity index (χ2v) is 7.31. The number of nitrogens with zero attached hydrogens (tertiary/aromatic N) is 3. The van der Waals surface area contributed by atoms with Gasteiger partial charge in [0.1, 0.15) is 11.6 Å². The number of ether oxygens (including phenoxy) is 1. The summed E-state index contributed by atoms with van der Waals surface area (Å²) >= 11 is 0. The molecule has 1 aliphatic rings. The number of carbonyl (C=O) groups excluding carboxylic acids is 1. The van der Waals surface area contributed by atoms with Gasteiger partial charge in [-0.15, -0.1) is 0 Å². The Bertz CT molecular complexity index is 1240. The van der Waals surface area contributed by atoms with Gasteiger partial charge in [0.25, 0.3) is 0 Å². The van der Waals surface area contributed by atoms with E-state index < -0.39 is 0 Å². The van der Waals surface area contributed by atoms with Gasteiger partial charge in [0.05, 0.1) is 18.8 Å². The number of para-hydroxylation sites is 1. The number of anilines is 3. The molecule has 2 heterocycles. The molecule has 3 N–H and O–H groups in total. The van der Waals surface area contributed by atoms with E-state index in [1.807, 2.05) is 31.2 Å². The van der Waals surface area contributed by atoms with E-state index in [9.17, 15) is 9.18 Å². The van der Waals surface area contributed by atoms with E-state index in [2.05, 4.69) is 30.8 Å². The van der Waals surface area contributed by atoms with E-state index in [1.54, 1.807) is 25.4 Å². The lowest BCUT2D eigenvalue weighted by Gasteiger charge is -2.08. The largest absolute Gasteiger partial charge is 0.491 e. The third kappa shape index (κ3) is 4.66. The van der Waals surface area contributed by atoms with Crippen LogP contribution >= 0.6 is 0 Å². The number of amides is 1. The first-order chi connectivity index (χ1) is 15.6. The molecule has 1 saturated carbocycles. The number of halogens is 1. The van der Waals surface area contributed by atoms with Gasteiger partial charge in [-0.2, -0.15) is 5.10 Å². The van der Waals surface area contributed by atoms with E-state index in [4.69, 9.17) is 4.74 Å². The van der Waals surface area contributed by atoms with Gasteiger partial charge in [-0.1, -0.05) is 18.2 Å². The van der Waals surface area contributed by atoms with Gasteiger partial charge in [0, 0.05) is 16.6 Å². The Labute approximate surface area is 184 Å². The van der Waals surface area contributed by atoms with Crippen molar-refractivity contribution in [2.24, 2.45) is 0 Å². The molecule has 32 heavy (non-hydrogen) atoms. The van der Waals surface area contributed by atoms with Crippen LogP contribution in [0.4, 0.5) is 21.7 Å². The highest BCUT2D eigenvalue weighted by Gasteiger charge is 2.28. The van der Waals surface area contributed by atoms with E-state index in [1.165, 1.54) is 6.07 Å². The molecule has 164 valence electrons. The summed E-state index contributed by atoms with van der Waals surface area (Å²) in [6, 6.07) is 12.6. The van der Waals surface area contributed by atoms with Crippen molar-refractivity contribution in [3.05, 3.63) is 65.9 Å². The van der Waals surface area contributed by atoms with Crippen LogP contribution in [0.25, 0.3) is 10.9 Å². The minimum absolute atomic E-state index is 0.214. The van der Waals surface area contributed by atoms with Crippen molar-refractivity contribution in [3.8, 4) is 5.75 Å². The number of aromatic nitrogens is 4. The van der Waals surface area contributed by atoms with Crippen molar-refractivity contribution in [1.82, 2.24) is 20.2 Å². The number of fused-ring (bicyclic) bond motifs is 1. The van der Waals surface area contributed by atoms with Crippen LogP contribution in [0.2, 0.25) is 0 Å². The van der Waals surface area contributed by atoms with Gasteiger partial charge in [0.2, 0.25) is 6.41 Å². The highest BCUT2D eigenvalue weighted by Crippen LogP contribution is 2.44. The van der Waals surface area contributed by atoms with Crippen LogP contribution < -0.4 is 15.4 Å².